The number of hydrogen-bond acceptors (Lipinski definition) is 5. The minimum absolute atomic E-state index is 0.0222. The molecule has 17 heavy (non-hydrogen) atoms. The van der Waals surface area contributed by atoms with Crippen LogP contribution >= 0.6 is 0 Å². The average molecular weight is 256 g/mol. The first-order valence-corrected chi connectivity index (χ1v) is 7.33. The zero-order chi connectivity index (χ0) is 12.5. The van der Waals surface area contributed by atoms with E-state index < -0.39 is 9.84 Å². The molecule has 1 aliphatic rings. The Morgan fingerprint density at radius 2 is 2.35 bits per heavy atom. The Morgan fingerprint density at radius 1 is 1.59 bits per heavy atom. The first-order valence-electron chi connectivity index (χ1n) is 5.51. The van der Waals surface area contributed by atoms with E-state index in [1.807, 2.05) is 18.0 Å². The van der Waals surface area contributed by atoms with Crippen LogP contribution in [0.5, 0.6) is 0 Å². The summed E-state index contributed by atoms with van der Waals surface area (Å²) in [4.78, 5) is 5.95. The quantitative estimate of drug-likeness (QED) is 0.836. The van der Waals surface area contributed by atoms with Crippen molar-refractivity contribution < 1.29 is 13.5 Å². The molecule has 1 fully saturated rings. The van der Waals surface area contributed by atoms with E-state index in [4.69, 9.17) is 5.11 Å². The maximum atomic E-state index is 11.4. The fourth-order valence-corrected chi connectivity index (χ4v) is 3.84. The Balaban J connectivity index is 2.17. The van der Waals surface area contributed by atoms with Crippen LogP contribution in [0.3, 0.4) is 0 Å². The molecule has 2 rings (SSSR count). The van der Waals surface area contributed by atoms with E-state index in [9.17, 15) is 8.42 Å². The summed E-state index contributed by atoms with van der Waals surface area (Å²) in [6.07, 6.45) is 2.29. The molecule has 1 aliphatic heterocycles. The molecule has 94 valence electrons. The zero-order valence-corrected chi connectivity index (χ0v) is 10.5. The predicted molar refractivity (Wildman–Crippen MR) is 65.6 cm³/mol. The summed E-state index contributed by atoms with van der Waals surface area (Å²) < 4.78 is 22.8. The van der Waals surface area contributed by atoms with Crippen molar-refractivity contribution >= 4 is 15.5 Å². The third-order valence-corrected chi connectivity index (χ3v) is 4.88. The van der Waals surface area contributed by atoms with Gasteiger partial charge in [-0.15, -0.1) is 0 Å². The Labute approximate surface area is 101 Å². The second-order valence-electron chi connectivity index (χ2n) is 4.33. The number of aliphatic hydroxyl groups excluding tert-OH is 1. The molecule has 0 aromatic carbocycles. The lowest BCUT2D eigenvalue weighted by Gasteiger charge is -2.25. The molecular formula is C11H16N2O3S. The van der Waals surface area contributed by atoms with Crippen LogP contribution in [-0.2, 0) is 16.4 Å². The Hall–Kier alpha value is -1.14. The lowest BCUT2D eigenvalue weighted by atomic mass is 10.2. The lowest BCUT2D eigenvalue weighted by Crippen LogP contribution is -2.32. The normalized spacial score (nSPS) is 22.6. The number of aromatic nitrogens is 1. The molecule has 6 heteroatoms. The van der Waals surface area contributed by atoms with Crippen LogP contribution in [0.4, 0.5) is 5.69 Å². The van der Waals surface area contributed by atoms with Crippen molar-refractivity contribution in [2.75, 3.05) is 23.5 Å². The molecule has 1 unspecified atom stereocenters. The molecule has 1 aromatic rings. The molecule has 5 nitrogen and oxygen atoms in total. The van der Waals surface area contributed by atoms with E-state index in [1.165, 1.54) is 0 Å². The highest BCUT2D eigenvalue weighted by molar-refractivity contribution is 7.91. The Morgan fingerprint density at radius 3 is 2.94 bits per heavy atom. The molecule has 1 saturated heterocycles. The molecule has 2 heterocycles. The van der Waals surface area contributed by atoms with Gasteiger partial charge in [0, 0.05) is 25.0 Å². The smallest absolute Gasteiger partial charge is 0.152 e. The first kappa shape index (κ1) is 12.3. The predicted octanol–water partition coefficient (Wildman–Crippen LogP) is 0.197. The largest absolute Gasteiger partial charge is 0.390 e. The summed E-state index contributed by atoms with van der Waals surface area (Å²) in [5, 5.41) is 9.02. The van der Waals surface area contributed by atoms with Crippen LogP contribution in [-0.4, -0.2) is 43.1 Å². The standard InChI is InChI=1S/C11H16N2O3S/c1-13(11-3-5-17(15,16)8-11)10-2-4-12-9(6-10)7-14/h2,4,6,11,14H,3,5,7-8H2,1H3. The highest BCUT2D eigenvalue weighted by Crippen LogP contribution is 2.22. The van der Waals surface area contributed by atoms with E-state index in [1.54, 1.807) is 12.3 Å². The van der Waals surface area contributed by atoms with Crippen molar-refractivity contribution in [1.29, 1.82) is 0 Å². The van der Waals surface area contributed by atoms with Gasteiger partial charge in [0.2, 0.25) is 0 Å². The Kier molecular flexibility index (Phi) is 3.35. The molecule has 0 amide bonds. The number of sulfone groups is 1. The molecule has 0 spiro atoms. The summed E-state index contributed by atoms with van der Waals surface area (Å²) in [6.45, 7) is -0.107. The number of nitrogens with zero attached hydrogens (tertiary/aromatic N) is 2. The molecule has 1 aromatic heterocycles. The molecule has 0 saturated carbocycles. The minimum atomic E-state index is -2.87. The van der Waals surface area contributed by atoms with Crippen LogP contribution in [0.2, 0.25) is 0 Å². The van der Waals surface area contributed by atoms with Crippen molar-refractivity contribution in [3.63, 3.8) is 0 Å². The number of aliphatic hydroxyl groups is 1. The van der Waals surface area contributed by atoms with Gasteiger partial charge in [0.15, 0.2) is 9.84 Å². The average Bonchev–Trinajstić information content (AvgIpc) is 2.69. The first-order chi connectivity index (χ1) is 8.02. The summed E-state index contributed by atoms with van der Waals surface area (Å²) in [6, 6.07) is 3.63. The van der Waals surface area contributed by atoms with Gasteiger partial charge in [-0.1, -0.05) is 0 Å². The molecule has 1 N–H and O–H groups in total. The second kappa shape index (κ2) is 4.62. The molecular weight excluding hydrogens is 240 g/mol. The van der Waals surface area contributed by atoms with E-state index >= 15 is 0 Å². The summed E-state index contributed by atoms with van der Waals surface area (Å²) >= 11 is 0. The van der Waals surface area contributed by atoms with Crippen molar-refractivity contribution in [3.05, 3.63) is 24.0 Å². The highest BCUT2D eigenvalue weighted by Gasteiger charge is 2.30. The van der Waals surface area contributed by atoms with Gasteiger partial charge in [0.05, 0.1) is 23.8 Å². The van der Waals surface area contributed by atoms with Gasteiger partial charge in [0.25, 0.3) is 0 Å². The third kappa shape index (κ3) is 2.76. The fraction of sp³-hybridized carbons (Fsp3) is 0.545. The van der Waals surface area contributed by atoms with Crippen molar-refractivity contribution in [2.45, 2.75) is 19.1 Å². The van der Waals surface area contributed by atoms with Crippen LogP contribution < -0.4 is 4.90 Å². The fourth-order valence-electron chi connectivity index (χ4n) is 2.06. The minimum Gasteiger partial charge on any atom is -0.390 e. The monoisotopic (exact) mass is 256 g/mol. The van der Waals surface area contributed by atoms with Gasteiger partial charge >= 0.3 is 0 Å². The summed E-state index contributed by atoms with van der Waals surface area (Å²) in [5.74, 6) is 0.472. The van der Waals surface area contributed by atoms with Gasteiger partial charge < -0.3 is 10.0 Å². The molecule has 1 atom stereocenters. The number of rotatable bonds is 3. The van der Waals surface area contributed by atoms with E-state index in [0.29, 0.717) is 12.1 Å². The van der Waals surface area contributed by atoms with Gasteiger partial charge in [-0.3, -0.25) is 4.98 Å². The topological polar surface area (TPSA) is 70.5 Å². The van der Waals surface area contributed by atoms with Gasteiger partial charge in [-0.25, -0.2) is 8.42 Å². The SMILES string of the molecule is CN(c1ccnc(CO)c1)C1CCS(=O)(=O)C1. The van der Waals surface area contributed by atoms with E-state index in [2.05, 4.69) is 4.98 Å². The van der Waals surface area contributed by atoms with Crippen LogP contribution in [0.25, 0.3) is 0 Å². The molecule has 0 radical (unpaired) electrons. The van der Waals surface area contributed by atoms with Crippen molar-refractivity contribution in [2.24, 2.45) is 0 Å². The number of hydrogen-bond donors (Lipinski definition) is 1. The second-order valence-corrected chi connectivity index (χ2v) is 6.56. The molecule has 0 bridgehead atoms. The maximum Gasteiger partial charge on any atom is 0.152 e. The van der Waals surface area contributed by atoms with Gasteiger partial charge in [0.1, 0.15) is 0 Å². The van der Waals surface area contributed by atoms with Crippen molar-refractivity contribution in [3.8, 4) is 0 Å². The molecule has 0 aliphatic carbocycles. The van der Waals surface area contributed by atoms with Crippen LogP contribution in [0, 0.1) is 0 Å². The van der Waals surface area contributed by atoms with E-state index in [-0.39, 0.29) is 24.2 Å². The summed E-state index contributed by atoms with van der Waals surface area (Å²) in [7, 11) is -0.994. The Bertz CT molecular complexity index is 501. The van der Waals surface area contributed by atoms with Gasteiger partial charge in [-0.05, 0) is 18.6 Å². The lowest BCUT2D eigenvalue weighted by molar-refractivity contribution is 0.277. The van der Waals surface area contributed by atoms with Gasteiger partial charge in [-0.2, -0.15) is 0 Å². The van der Waals surface area contributed by atoms with Crippen molar-refractivity contribution in [1.82, 2.24) is 4.98 Å². The van der Waals surface area contributed by atoms with Crippen LogP contribution in [0.15, 0.2) is 18.3 Å². The van der Waals surface area contributed by atoms with E-state index in [0.717, 1.165) is 5.69 Å². The zero-order valence-electron chi connectivity index (χ0n) is 9.70. The number of anilines is 1. The maximum absolute atomic E-state index is 11.4. The number of pyridine rings is 1. The van der Waals surface area contributed by atoms with Crippen LogP contribution in [0.1, 0.15) is 12.1 Å². The highest BCUT2D eigenvalue weighted by atomic mass is 32.2. The third-order valence-electron chi connectivity index (χ3n) is 3.13. The summed E-state index contributed by atoms with van der Waals surface area (Å²) in [5.41, 5.74) is 1.49.